The average Bonchev–Trinajstić information content (AvgIpc) is 3.39. The summed E-state index contributed by atoms with van der Waals surface area (Å²) in [7, 11) is 0. The van der Waals surface area contributed by atoms with Crippen LogP contribution >= 0.6 is 0 Å². The summed E-state index contributed by atoms with van der Waals surface area (Å²) in [5, 5.41) is 11.5. The third-order valence-electron chi connectivity index (χ3n) is 5.70. The van der Waals surface area contributed by atoms with Crippen molar-refractivity contribution in [3.63, 3.8) is 0 Å². The first-order chi connectivity index (χ1) is 14.0. The second-order valence-electron chi connectivity index (χ2n) is 7.69. The number of rotatable bonds is 5. The minimum absolute atomic E-state index is 0.0950. The van der Waals surface area contributed by atoms with Gasteiger partial charge in [0.1, 0.15) is 5.82 Å². The van der Waals surface area contributed by atoms with E-state index < -0.39 is 0 Å². The fraction of sp³-hybridized carbons (Fsp3) is 0.348. The van der Waals surface area contributed by atoms with E-state index in [-0.39, 0.29) is 23.8 Å². The zero-order chi connectivity index (χ0) is 20.4. The Balaban J connectivity index is 1.52. The van der Waals surface area contributed by atoms with Gasteiger partial charge in [-0.1, -0.05) is 48.5 Å². The molecule has 0 saturated heterocycles. The van der Waals surface area contributed by atoms with Crippen LogP contribution in [0.1, 0.15) is 44.2 Å². The molecule has 1 heterocycles. The predicted molar refractivity (Wildman–Crippen MR) is 111 cm³/mol. The predicted octanol–water partition coefficient (Wildman–Crippen LogP) is 4.68. The Hall–Kier alpha value is -3.02. The highest BCUT2D eigenvalue weighted by Gasteiger charge is 2.29. The molecule has 0 unspecified atom stereocenters. The number of hydrogen-bond acceptors (Lipinski definition) is 3. The van der Waals surface area contributed by atoms with Crippen molar-refractivity contribution in [3.8, 4) is 22.4 Å². The summed E-state index contributed by atoms with van der Waals surface area (Å²) < 4.78 is 15.9. The third-order valence-corrected chi connectivity index (χ3v) is 5.70. The zero-order valence-corrected chi connectivity index (χ0v) is 16.7. The zero-order valence-electron chi connectivity index (χ0n) is 16.7. The molecule has 150 valence electrons. The molecule has 0 spiro atoms. The number of halogens is 1. The van der Waals surface area contributed by atoms with Gasteiger partial charge in [-0.25, -0.2) is 9.07 Å². The molecule has 1 aromatic heterocycles. The molecule has 1 saturated carbocycles. The molecule has 0 radical (unpaired) electrons. The Morgan fingerprint density at radius 1 is 1.14 bits per heavy atom. The van der Waals surface area contributed by atoms with E-state index in [0.717, 1.165) is 41.6 Å². The minimum atomic E-state index is -0.195. The Morgan fingerprint density at radius 3 is 2.59 bits per heavy atom. The lowest BCUT2D eigenvalue weighted by Gasteiger charge is -2.15. The summed E-state index contributed by atoms with van der Waals surface area (Å²) >= 11 is 0. The van der Waals surface area contributed by atoms with Gasteiger partial charge in [-0.15, -0.1) is 5.10 Å². The number of carbonyl (C=O) groups excluding carboxylic acids is 1. The number of hydrogen-bond donors (Lipinski definition) is 1. The van der Waals surface area contributed by atoms with E-state index in [1.54, 1.807) is 25.3 Å². The van der Waals surface area contributed by atoms with E-state index in [9.17, 15) is 9.18 Å². The van der Waals surface area contributed by atoms with Gasteiger partial charge in [0.2, 0.25) is 5.91 Å². The summed E-state index contributed by atoms with van der Waals surface area (Å²) in [5.74, 6) is -0.0996. The van der Waals surface area contributed by atoms with Crippen molar-refractivity contribution >= 4 is 5.91 Å². The van der Waals surface area contributed by atoms with Crippen molar-refractivity contribution in [3.05, 3.63) is 60.0 Å². The van der Waals surface area contributed by atoms with Crippen LogP contribution in [0.25, 0.3) is 22.4 Å². The standard InChI is InChI=1S/C23H25FN4O/c1-3-23(29)26-19-10-11-20(13-19)28-22(14-25-27-28)17-8-6-16(7-9-17)18-5-4-15(2)21(24)12-18/h4-9,12,14,19-20H,3,10-11,13H2,1-2H3,(H,26,29)/t19-,20+/m0/s1. The van der Waals surface area contributed by atoms with Gasteiger partial charge < -0.3 is 5.32 Å². The van der Waals surface area contributed by atoms with Gasteiger partial charge in [0.05, 0.1) is 17.9 Å². The molecule has 2 atom stereocenters. The van der Waals surface area contributed by atoms with Crippen LogP contribution in [0.15, 0.2) is 48.7 Å². The first-order valence-electron chi connectivity index (χ1n) is 10.1. The first kappa shape index (κ1) is 19.3. The number of aryl methyl sites for hydroxylation is 1. The number of benzene rings is 2. The van der Waals surface area contributed by atoms with Crippen molar-refractivity contribution in [1.82, 2.24) is 20.3 Å². The van der Waals surface area contributed by atoms with E-state index >= 15 is 0 Å². The van der Waals surface area contributed by atoms with E-state index in [4.69, 9.17) is 0 Å². The van der Waals surface area contributed by atoms with Crippen LogP contribution in [0.5, 0.6) is 0 Å². The lowest BCUT2D eigenvalue weighted by atomic mass is 10.0. The van der Waals surface area contributed by atoms with Crippen LogP contribution in [0.2, 0.25) is 0 Å². The number of nitrogens with one attached hydrogen (secondary N) is 1. The fourth-order valence-corrected chi connectivity index (χ4v) is 3.97. The molecule has 5 nitrogen and oxygen atoms in total. The third kappa shape index (κ3) is 4.06. The lowest BCUT2D eigenvalue weighted by molar-refractivity contribution is -0.121. The maximum absolute atomic E-state index is 13.9. The minimum Gasteiger partial charge on any atom is -0.353 e. The summed E-state index contributed by atoms with van der Waals surface area (Å²) in [6.45, 7) is 3.63. The van der Waals surface area contributed by atoms with Crippen LogP contribution < -0.4 is 5.32 Å². The number of nitrogens with zero attached hydrogens (tertiary/aromatic N) is 3. The molecular formula is C23H25FN4O. The molecule has 3 aromatic rings. The highest BCUT2D eigenvalue weighted by atomic mass is 19.1. The highest BCUT2D eigenvalue weighted by Crippen LogP contribution is 2.33. The molecule has 1 aliphatic rings. The molecule has 1 fully saturated rings. The van der Waals surface area contributed by atoms with E-state index in [0.29, 0.717) is 12.0 Å². The lowest BCUT2D eigenvalue weighted by Crippen LogP contribution is -2.32. The summed E-state index contributed by atoms with van der Waals surface area (Å²) in [6, 6.07) is 13.8. The van der Waals surface area contributed by atoms with Crippen molar-refractivity contribution in [2.75, 3.05) is 0 Å². The Morgan fingerprint density at radius 2 is 1.86 bits per heavy atom. The van der Waals surface area contributed by atoms with Crippen LogP contribution in [0.4, 0.5) is 4.39 Å². The molecule has 0 bridgehead atoms. The topological polar surface area (TPSA) is 59.8 Å². The summed E-state index contributed by atoms with van der Waals surface area (Å²) in [5.41, 5.74) is 4.45. The molecule has 0 aliphatic heterocycles. The fourth-order valence-electron chi connectivity index (χ4n) is 3.97. The molecule has 29 heavy (non-hydrogen) atoms. The molecule has 1 N–H and O–H groups in total. The van der Waals surface area contributed by atoms with E-state index in [2.05, 4.69) is 15.6 Å². The van der Waals surface area contributed by atoms with Gasteiger partial charge >= 0.3 is 0 Å². The SMILES string of the molecule is CCC(=O)N[C@H]1CC[C@@H](n2nncc2-c2ccc(-c3ccc(C)c(F)c3)cc2)C1. The van der Waals surface area contributed by atoms with Gasteiger partial charge in [0, 0.05) is 18.0 Å². The monoisotopic (exact) mass is 392 g/mol. The van der Waals surface area contributed by atoms with Gasteiger partial charge in [0.15, 0.2) is 0 Å². The van der Waals surface area contributed by atoms with Crippen molar-refractivity contribution < 1.29 is 9.18 Å². The van der Waals surface area contributed by atoms with Gasteiger partial charge in [-0.05, 0) is 48.9 Å². The Bertz CT molecular complexity index is 1010. The normalized spacial score (nSPS) is 18.7. The number of amides is 1. The van der Waals surface area contributed by atoms with Gasteiger partial charge in [0.25, 0.3) is 0 Å². The van der Waals surface area contributed by atoms with Gasteiger partial charge in [-0.3, -0.25) is 4.79 Å². The largest absolute Gasteiger partial charge is 0.353 e. The smallest absolute Gasteiger partial charge is 0.219 e. The Kier molecular flexibility index (Phi) is 5.43. The van der Waals surface area contributed by atoms with E-state index in [1.807, 2.05) is 41.9 Å². The highest BCUT2D eigenvalue weighted by molar-refractivity contribution is 5.75. The number of aromatic nitrogens is 3. The van der Waals surface area contributed by atoms with Gasteiger partial charge in [-0.2, -0.15) is 0 Å². The quantitative estimate of drug-likeness (QED) is 0.686. The maximum atomic E-state index is 13.9. The summed E-state index contributed by atoms with van der Waals surface area (Å²) in [4.78, 5) is 11.7. The van der Waals surface area contributed by atoms with Crippen LogP contribution in [0, 0.1) is 12.7 Å². The molecule has 1 amide bonds. The molecule has 1 aliphatic carbocycles. The summed E-state index contributed by atoms with van der Waals surface area (Å²) in [6.07, 6.45) is 5.06. The first-order valence-corrected chi connectivity index (χ1v) is 10.1. The Labute approximate surface area is 169 Å². The van der Waals surface area contributed by atoms with Crippen LogP contribution in [0.3, 0.4) is 0 Å². The molecule has 6 heteroatoms. The van der Waals surface area contributed by atoms with Crippen LogP contribution in [-0.2, 0) is 4.79 Å². The molecular weight excluding hydrogens is 367 g/mol. The van der Waals surface area contributed by atoms with Crippen LogP contribution in [-0.4, -0.2) is 26.9 Å². The number of carbonyl (C=O) groups is 1. The van der Waals surface area contributed by atoms with Crippen molar-refractivity contribution in [2.24, 2.45) is 0 Å². The molecule has 4 rings (SSSR count). The van der Waals surface area contributed by atoms with E-state index in [1.165, 1.54) is 0 Å². The second-order valence-corrected chi connectivity index (χ2v) is 7.69. The molecule has 2 aromatic carbocycles. The van der Waals surface area contributed by atoms with Crippen molar-refractivity contribution in [2.45, 2.75) is 51.6 Å². The second kappa shape index (κ2) is 8.15. The maximum Gasteiger partial charge on any atom is 0.219 e. The average molecular weight is 392 g/mol. The van der Waals surface area contributed by atoms with Crippen molar-refractivity contribution in [1.29, 1.82) is 0 Å².